The fourth-order valence-corrected chi connectivity index (χ4v) is 1.75. The van der Waals surface area contributed by atoms with E-state index in [1.165, 1.54) is 0 Å². The van der Waals surface area contributed by atoms with Crippen LogP contribution in [0.1, 0.15) is 25.8 Å². The second-order valence-electron chi connectivity index (χ2n) is 4.61. The van der Waals surface area contributed by atoms with Gasteiger partial charge in [0.1, 0.15) is 5.75 Å². The number of hydrogen-bond donors (Lipinski definition) is 2. The second-order valence-corrected chi connectivity index (χ2v) is 4.61. The van der Waals surface area contributed by atoms with Crippen molar-refractivity contribution in [2.45, 2.75) is 32.7 Å². The lowest BCUT2D eigenvalue weighted by Crippen LogP contribution is -2.46. The molecule has 1 rings (SSSR count). The van der Waals surface area contributed by atoms with Crippen LogP contribution >= 0.6 is 0 Å². The summed E-state index contributed by atoms with van der Waals surface area (Å²) in [5.41, 5.74) is 0.888. The minimum Gasteiger partial charge on any atom is -0.493 e. The van der Waals surface area contributed by atoms with E-state index in [4.69, 9.17) is 4.74 Å². The summed E-state index contributed by atoms with van der Waals surface area (Å²) in [5, 5.41) is 12.6. The Hall–Kier alpha value is -1.06. The Labute approximate surface area is 104 Å². The Morgan fingerprint density at radius 2 is 2.06 bits per heavy atom. The maximum Gasteiger partial charge on any atom is 0.122 e. The molecule has 0 saturated carbocycles. The molecule has 0 fully saturated rings. The SMILES string of the molecule is CCNC(C)(CO)CCOc1ccccc1C. The van der Waals surface area contributed by atoms with Crippen molar-refractivity contribution in [3.8, 4) is 5.75 Å². The molecule has 2 N–H and O–H groups in total. The Bertz CT molecular complexity index is 341. The molecule has 0 aliphatic heterocycles. The minimum absolute atomic E-state index is 0.123. The summed E-state index contributed by atoms with van der Waals surface area (Å²) in [5.74, 6) is 0.921. The fourth-order valence-electron chi connectivity index (χ4n) is 1.75. The first-order valence-electron chi connectivity index (χ1n) is 6.15. The maximum atomic E-state index is 9.35. The van der Waals surface area contributed by atoms with Crippen molar-refractivity contribution in [2.24, 2.45) is 0 Å². The lowest BCUT2D eigenvalue weighted by molar-refractivity contribution is 0.145. The van der Waals surface area contributed by atoms with E-state index in [0.717, 1.165) is 24.3 Å². The number of hydrogen-bond acceptors (Lipinski definition) is 3. The first-order valence-corrected chi connectivity index (χ1v) is 6.15. The van der Waals surface area contributed by atoms with Gasteiger partial charge in [0, 0.05) is 12.0 Å². The number of aliphatic hydroxyl groups excluding tert-OH is 1. The highest BCUT2D eigenvalue weighted by Gasteiger charge is 2.21. The van der Waals surface area contributed by atoms with Gasteiger partial charge in [0.25, 0.3) is 0 Å². The molecule has 0 aliphatic rings. The predicted octanol–water partition coefficient (Wildman–Crippen LogP) is 2.12. The standard InChI is InChI=1S/C14H23NO2/c1-4-15-14(3,11-16)9-10-17-13-8-6-5-7-12(13)2/h5-8,15-16H,4,9-11H2,1-3H3. The number of para-hydroxylation sites is 1. The zero-order valence-corrected chi connectivity index (χ0v) is 11.0. The van der Waals surface area contributed by atoms with Gasteiger partial charge >= 0.3 is 0 Å². The summed E-state index contributed by atoms with van der Waals surface area (Å²) in [6.07, 6.45) is 0.783. The summed E-state index contributed by atoms with van der Waals surface area (Å²) in [4.78, 5) is 0. The molecule has 1 aromatic carbocycles. The van der Waals surface area contributed by atoms with Crippen LogP contribution in [0.25, 0.3) is 0 Å². The van der Waals surface area contributed by atoms with E-state index in [0.29, 0.717) is 6.61 Å². The number of rotatable bonds is 7. The van der Waals surface area contributed by atoms with Crippen LogP contribution in [-0.4, -0.2) is 30.4 Å². The average Bonchev–Trinajstić information content (AvgIpc) is 2.32. The summed E-state index contributed by atoms with van der Waals surface area (Å²) in [6.45, 7) is 7.66. The first kappa shape index (κ1) is 14.0. The van der Waals surface area contributed by atoms with E-state index < -0.39 is 0 Å². The molecule has 0 spiro atoms. The molecule has 0 bridgehead atoms. The second kappa shape index (κ2) is 6.62. The number of aryl methyl sites for hydroxylation is 1. The zero-order valence-electron chi connectivity index (χ0n) is 11.0. The summed E-state index contributed by atoms with van der Waals surface area (Å²) >= 11 is 0. The van der Waals surface area contributed by atoms with Crippen LogP contribution in [0.4, 0.5) is 0 Å². The van der Waals surface area contributed by atoms with E-state index >= 15 is 0 Å². The fraction of sp³-hybridized carbons (Fsp3) is 0.571. The van der Waals surface area contributed by atoms with E-state index in [1.807, 2.05) is 45.0 Å². The number of benzene rings is 1. The highest BCUT2D eigenvalue weighted by atomic mass is 16.5. The summed E-state index contributed by atoms with van der Waals surface area (Å²) in [7, 11) is 0. The highest BCUT2D eigenvalue weighted by molar-refractivity contribution is 5.31. The van der Waals surface area contributed by atoms with E-state index in [2.05, 4.69) is 5.32 Å². The maximum absolute atomic E-state index is 9.35. The smallest absolute Gasteiger partial charge is 0.122 e. The summed E-state index contributed by atoms with van der Waals surface area (Å²) < 4.78 is 5.73. The molecule has 0 radical (unpaired) electrons. The van der Waals surface area contributed by atoms with Gasteiger partial charge in [0.05, 0.1) is 13.2 Å². The van der Waals surface area contributed by atoms with Crippen molar-refractivity contribution >= 4 is 0 Å². The lowest BCUT2D eigenvalue weighted by atomic mass is 10.00. The summed E-state index contributed by atoms with van der Waals surface area (Å²) in [6, 6.07) is 7.97. The van der Waals surface area contributed by atoms with Crippen molar-refractivity contribution in [1.82, 2.24) is 5.32 Å². The minimum atomic E-state index is -0.253. The van der Waals surface area contributed by atoms with Crippen LogP contribution in [0, 0.1) is 6.92 Å². The molecule has 0 aromatic heterocycles. The quantitative estimate of drug-likeness (QED) is 0.763. The molecule has 3 nitrogen and oxygen atoms in total. The van der Waals surface area contributed by atoms with Crippen molar-refractivity contribution in [1.29, 1.82) is 0 Å². The average molecular weight is 237 g/mol. The molecular weight excluding hydrogens is 214 g/mol. The van der Waals surface area contributed by atoms with Gasteiger partial charge in [-0.15, -0.1) is 0 Å². The molecular formula is C14H23NO2. The number of aliphatic hydroxyl groups is 1. The number of likely N-dealkylation sites (N-methyl/N-ethyl adjacent to an activating group) is 1. The van der Waals surface area contributed by atoms with Crippen LogP contribution in [0.3, 0.4) is 0 Å². The van der Waals surface area contributed by atoms with Crippen molar-refractivity contribution in [2.75, 3.05) is 19.8 Å². The largest absolute Gasteiger partial charge is 0.493 e. The third kappa shape index (κ3) is 4.36. The monoisotopic (exact) mass is 237 g/mol. The highest BCUT2D eigenvalue weighted by Crippen LogP contribution is 2.17. The molecule has 0 saturated heterocycles. The molecule has 0 aliphatic carbocycles. The first-order chi connectivity index (χ1) is 8.11. The van der Waals surface area contributed by atoms with Crippen molar-refractivity contribution in [3.05, 3.63) is 29.8 Å². The predicted molar refractivity (Wildman–Crippen MR) is 70.5 cm³/mol. The Balaban J connectivity index is 2.44. The topological polar surface area (TPSA) is 41.5 Å². The van der Waals surface area contributed by atoms with Gasteiger partial charge in [-0.05, 0) is 32.0 Å². The molecule has 17 heavy (non-hydrogen) atoms. The van der Waals surface area contributed by atoms with Crippen molar-refractivity contribution < 1.29 is 9.84 Å². The van der Waals surface area contributed by atoms with E-state index in [-0.39, 0.29) is 12.1 Å². The van der Waals surface area contributed by atoms with Crippen LogP contribution in [-0.2, 0) is 0 Å². The molecule has 0 amide bonds. The molecule has 1 atom stereocenters. The molecule has 0 heterocycles. The number of nitrogens with one attached hydrogen (secondary N) is 1. The van der Waals surface area contributed by atoms with E-state index in [1.54, 1.807) is 0 Å². The molecule has 3 heteroatoms. The van der Waals surface area contributed by atoms with Crippen LogP contribution < -0.4 is 10.1 Å². The van der Waals surface area contributed by atoms with E-state index in [9.17, 15) is 5.11 Å². The van der Waals surface area contributed by atoms with Crippen LogP contribution in [0.15, 0.2) is 24.3 Å². The van der Waals surface area contributed by atoms with Gasteiger partial charge in [0.2, 0.25) is 0 Å². The van der Waals surface area contributed by atoms with Gasteiger partial charge < -0.3 is 15.2 Å². The van der Waals surface area contributed by atoms with Gasteiger partial charge in [0.15, 0.2) is 0 Å². The molecule has 96 valence electrons. The van der Waals surface area contributed by atoms with Gasteiger partial charge in [-0.3, -0.25) is 0 Å². The third-order valence-electron chi connectivity index (χ3n) is 2.96. The Kier molecular flexibility index (Phi) is 5.45. The molecule has 1 aromatic rings. The Morgan fingerprint density at radius 3 is 2.65 bits per heavy atom. The molecule has 1 unspecified atom stereocenters. The van der Waals surface area contributed by atoms with Gasteiger partial charge in [-0.25, -0.2) is 0 Å². The normalized spacial score (nSPS) is 14.4. The lowest BCUT2D eigenvalue weighted by Gasteiger charge is -2.28. The Morgan fingerprint density at radius 1 is 1.35 bits per heavy atom. The van der Waals surface area contributed by atoms with Gasteiger partial charge in [-0.1, -0.05) is 25.1 Å². The van der Waals surface area contributed by atoms with Crippen LogP contribution in [0.5, 0.6) is 5.75 Å². The third-order valence-corrected chi connectivity index (χ3v) is 2.96. The van der Waals surface area contributed by atoms with Gasteiger partial charge in [-0.2, -0.15) is 0 Å². The number of ether oxygens (including phenoxy) is 1. The van der Waals surface area contributed by atoms with Crippen LogP contribution in [0.2, 0.25) is 0 Å². The van der Waals surface area contributed by atoms with Crippen molar-refractivity contribution in [3.63, 3.8) is 0 Å². The zero-order chi connectivity index (χ0) is 12.7.